The fraction of sp³-hybridized carbons (Fsp3) is 0.517. The highest BCUT2D eigenvalue weighted by Gasteiger charge is 2.07. The lowest BCUT2D eigenvalue weighted by Crippen LogP contribution is -2.07. The van der Waals surface area contributed by atoms with E-state index in [4.69, 9.17) is 4.74 Å². The molecule has 0 fully saturated rings. The molecule has 0 aliphatic rings. The largest absolute Gasteiger partial charge is 0.507 e. The standard InChI is InChI=1S/C29H41NO3S/c1-2-3-4-5-6-7-8-9-10-11-12-13-14-15-29(32)33-26-19-16-24(28(31)22-26)23-30-25-17-20-27(34)21-18-25/h16-23,31,34H,2-15H2,1H3. The summed E-state index contributed by atoms with van der Waals surface area (Å²) in [6.45, 7) is 2.26. The number of hydrogen-bond donors (Lipinski definition) is 2. The van der Waals surface area contributed by atoms with Crippen molar-refractivity contribution in [2.24, 2.45) is 4.99 Å². The molecule has 0 saturated carbocycles. The zero-order valence-corrected chi connectivity index (χ0v) is 21.6. The van der Waals surface area contributed by atoms with Crippen LogP contribution in [0.2, 0.25) is 0 Å². The maximum absolute atomic E-state index is 12.1. The highest BCUT2D eigenvalue weighted by Crippen LogP contribution is 2.24. The van der Waals surface area contributed by atoms with Gasteiger partial charge >= 0.3 is 5.97 Å². The molecule has 1 N–H and O–H groups in total. The molecule has 34 heavy (non-hydrogen) atoms. The van der Waals surface area contributed by atoms with E-state index in [1.165, 1.54) is 76.7 Å². The van der Waals surface area contributed by atoms with Crippen molar-refractivity contribution in [3.63, 3.8) is 0 Å². The molecule has 2 aromatic carbocycles. The van der Waals surface area contributed by atoms with Gasteiger partial charge in [0.25, 0.3) is 0 Å². The summed E-state index contributed by atoms with van der Waals surface area (Å²) in [5.41, 5.74) is 1.33. The lowest BCUT2D eigenvalue weighted by molar-refractivity contribution is -0.134. The van der Waals surface area contributed by atoms with Gasteiger partial charge in [-0.15, -0.1) is 12.6 Å². The van der Waals surface area contributed by atoms with E-state index in [1.807, 2.05) is 24.3 Å². The average Bonchev–Trinajstić information content (AvgIpc) is 2.82. The molecule has 2 rings (SSSR count). The van der Waals surface area contributed by atoms with E-state index in [1.54, 1.807) is 18.3 Å². The van der Waals surface area contributed by atoms with Crippen molar-refractivity contribution in [3.05, 3.63) is 48.0 Å². The number of unbranched alkanes of at least 4 members (excludes halogenated alkanes) is 12. The fourth-order valence-corrected chi connectivity index (χ4v) is 4.00. The Bertz CT molecular complexity index is 864. The number of ether oxygens (including phenoxy) is 1. The van der Waals surface area contributed by atoms with Gasteiger partial charge in [0.1, 0.15) is 11.5 Å². The summed E-state index contributed by atoms with van der Waals surface area (Å²) >= 11 is 4.25. The summed E-state index contributed by atoms with van der Waals surface area (Å²) in [6, 6.07) is 12.2. The molecule has 0 saturated heterocycles. The molecule has 2 aromatic rings. The molecule has 0 atom stereocenters. The number of aromatic hydroxyl groups is 1. The van der Waals surface area contributed by atoms with Gasteiger partial charge in [0.15, 0.2) is 0 Å². The van der Waals surface area contributed by atoms with Crippen LogP contribution in [0.4, 0.5) is 5.69 Å². The van der Waals surface area contributed by atoms with Crippen LogP contribution in [0.1, 0.15) is 102 Å². The number of aliphatic imine (C=N–C) groups is 1. The summed E-state index contributed by atoms with van der Waals surface area (Å²) in [4.78, 5) is 17.3. The number of rotatable bonds is 17. The second kappa shape index (κ2) is 17.2. The molecule has 5 heteroatoms. The second-order valence-corrected chi connectivity index (χ2v) is 9.48. The third-order valence-corrected chi connectivity index (χ3v) is 6.22. The summed E-state index contributed by atoms with van der Waals surface area (Å²) < 4.78 is 5.38. The number of phenols is 1. The zero-order chi connectivity index (χ0) is 24.4. The molecule has 0 aliphatic heterocycles. The summed E-state index contributed by atoms with van der Waals surface area (Å²) in [6.07, 6.45) is 18.6. The molecule has 0 aliphatic carbocycles. The Morgan fingerprint density at radius 1 is 0.853 bits per heavy atom. The van der Waals surface area contributed by atoms with E-state index in [0.29, 0.717) is 17.7 Å². The number of nitrogens with zero attached hydrogens (tertiary/aromatic N) is 1. The lowest BCUT2D eigenvalue weighted by atomic mass is 10.0. The molecular formula is C29H41NO3S. The van der Waals surface area contributed by atoms with Gasteiger partial charge in [-0.05, 0) is 42.8 Å². The molecule has 0 amide bonds. The predicted octanol–water partition coefficient (Wildman–Crippen LogP) is 8.82. The van der Waals surface area contributed by atoms with Gasteiger partial charge in [-0.1, -0.05) is 84.0 Å². The van der Waals surface area contributed by atoms with E-state index in [2.05, 4.69) is 24.5 Å². The Labute approximate surface area is 211 Å². The first-order chi connectivity index (χ1) is 16.6. The average molecular weight is 484 g/mol. The zero-order valence-electron chi connectivity index (χ0n) is 20.7. The predicted molar refractivity (Wildman–Crippen MR) is 145 cm³/mol. The van der Waals surface area contributed by atoms with Gasteiger partial charge in [-0.3, -0.25) is 9.79 Å². The summed E-state index contributed by atoms with van der Waals surface area (Å²) in [5, 5.41) is 10.2. The van der Waals surface area contributed by atoms with Gasteiger partial charge in [-0.2, -0.15) is 0 Å². The van der Waals surface area contributed by atoms with Crippen molar-refractivity contribution < 1.29 is 14.6 Å². The monoisotopic (exact) mass is 483 g/mol. The maximum Gasteiger partial charge on any atom is 0.311 e. The van der Waals surface area contributed by atoms with Crippen molar-refractivity contribution in [2.75, 3.05) is 0 Å². The van der Waals surface area contributed by atoms with E-state index in [9.17, 15) is 9.90 Å². The van der Waals surface area contributed by atoms with Gasteiger partial charge in [-0.25, -0.2) is 0 Å². The number of benzene rings is 2. The van der Waals surface area contributed by atoms with Gasteiger partial charge in [0.2, 0.25) is 0 Å². The van der Waals surface area contributed by atoms with Gasteiger partial charge in [0, 0.05) is 29.2 Å². The van der Waals surface area contributed by atoms with Gasteiger partial charge < -0.3 is 9.84 Å². The smallest absolute Gasteiger partial charge is 0.311 e. The Kier molecular flexibility index (Phi) is 14.2. The van der Waals surface area contributed by atoms with Crippen LogP contribution in [0.5, 0.6) is 11.5 Å². The maximum atomic E-state index is 12.1. The molecular weight excluding hydrogens is 442 g/mol. The van der Waals surface area contributed by atoms with Crippen LogP contribution in [-0.4, -0.2) is 17.3 Å². The molecule has 0 spiro atoms. The molecule has 0 heterocycles. The van der Waals surface area contributed by atoms with E-state index in [-0.39, 0.29) is 11.7 Å². The third-order valence-electron chi connectivity index (χ3n) is 5.92. The van der Waals surface area contributed by atoms with Crippen molar-refractivity contribution in [1.29, 1.82) is 0 Å². The van der Waals surface area contributed by atoms with E-state index in [0.717, 1.165) is 23.4 Å². The highest BCUT2D eigenvalue weighted by atomic mass is 32.1. The first-order valence-corrected chi connectivity index (χ1v) is 13.4. The van der Waals surface area contributed by atoms with Crippen molar-refractivity contribution >= 4 is 30.5 Å². The molecule has 0 bridgehead atoms. The highest BCUT2D eigenvalue weighted by molar-refractivity contribution is 7.80. The lowest BCUT2D eigenvalue weighted by Gasteiger charge is -2.06. The number of carbonyl (C=O) groups excluding carboxylic acids is 1. The van der Waals surface area contributed by atoms with Crippen LogP contribution >= 0.6 is 12.6 Å². The topological polar surface area (TPSA) is 58.9 Å². The first kappa shape index (κ1) is 28.0. The van der Waals surface area contributed by atoms with Gasteiger partial charge in [0.05, 0.1) is 5.69 Å². The van der Waals surface area contributed by atoms with Crippen LogP contribution < -0.4 is 4.74 Å². The minimum Gasteiger partial charge on any atom is -0.507 e. The molecule has 4 nitrogen and oxygen atoms in total. The summed E-state index contributed by atoms with van der Waals surface area (Å²) in [5.74, 6) is 0.130. The first-order valence-electron chi connectivity index (χ1n) is 13.0. The molecule has 0 radical (unpaired) electrons. The molecule has 0 unspecified atom stereocenters. The van der Waals surface area contributed by atoms with Crippen molar-refractivity contribution in [3.8, 4) is 11.5 Å². The molecule has 0 aromatic heterocycles. The number of hydrogen-bond acceptors (Lipinski definition) is 5. The van der Waals surface area contributed by atoms with E-state index < -0.39 is 0 Å². The Hall–Kier alpha value is -2.27. The summed E-state index contributed by atoms with van der Waals surface area (Å²) in [7, 11) is 0. The third kappa shape index (κ3) is 12.3. The number of phenolic OH excluding ortho intramolecular Hbond substituents is 1. The fourth-order valence-electron chi connectivity index (χ4n) is 3.85. The van der Waals surface area contributed by atoms with Crippen LogP contribution in [0.3, 0.4) is 0 Å². The van der Waals surface area contributed by atoms with Crippen LogP contribution in [0, 0.1) is 0 Å². The minimum absolute atomic E-state index is 0.0285. The quantitative estimate of drug-likeness (QED) is 0.0777. The molecule has 186 valence electrons. The Morgan fingerprint density at radius 2 is 1.41 bits per heavy atom. The Balaban J connectivity index is 1.55. The normalized spacial score (nSPS) is 11.2. The SMILES string of the molecule is CCCCCCCCCCCCCCCC(=O)Oc1ccc(C=Nc2ccc(S)cc2)c(O)c1. The number of esters is 1. The van der Waals surface area contributed by atoms with E-state index >= 15 is 0 Å². The van der Waals surface area contributed by atoms with Crippen LogP contribution in [-0.2, 0) is 4.79 Å². The minimum atomic E-state index is -0.254. The Morgan fingerprint density at radius 3 is 1.97 bits per heavy atom. The van der Waals surface area contributed by atoms with Crippen molar-refractivity contribution in [2.45, 2.75) is 102 Å². The van der Waals surface area contributed by atoms with Crippen molar-refractivity contribution in [1.82, 2.24) is 0 Å². The number of carbonyl (C=O) groups is 1. The van der Waals surface area contributed by atoms with Crippen LogP contribution in [0.15, 0.2) is 52.4 Å². The second-order valence-electron chi connectivity index (χ2n) is 8.96. The van der Waals surface area contributed by atoms with Crippen LogP contribution in [0.25, 0.3) is 0 Å². The number of thiol groups is 1.